The summed E-state index contributed by atoms with van der Waals surface area (Å²) in [6.45, 7) is 6.07. The first kappa shape index (κ1) is 28.1. The van der Waals surface area contributed by atoms with Gasteiger partial charge in [0.1, 0.15) is 17.4 Å². The SMILES string of the molecule is CCCC(C)NC(=O)C1N([C@H](CO)c2ccccc2)C(=O)[C@@H]2[C@@H](C(=O)Nc3ccc(OCC)cc3)[C@H]3CCC12O3. The number of aliphatic hydroxyl groups is 1. The number of fused-ring (bicyclic) bond motifs is 1. The number of nitrogens with zero attached hydrogens (tertiary/aromatic N) is 1. The zero-order chi connectivity index (χ0) is 28.4. The van der Waals surface area contributed by atoms with Crippen LogP contribution in [0.1, 0.15) is 58.1 Å². The van der Waals surface area contributed by atoms with E-state index in [0.29, 0.717) is 30.9 Å². The highest BCUT2D eigenvalue weighted by Crippen LogP contribution is 2.59. The summed E-state index contributed by atoms with van der Waals surface area (Å²) in [6, 6.07) is 14.5. The minimum absolute atomic E-state index is 0.0911. The Balaban J connectivity index is 1.48. The Hall–Kier alpha value is -3.43. The number of anilines is 1. The van der Waals surface area contributed by atoms with E-state index >= 15 is 0 Å². The third kappa shape index (κ3) is 4.86. The molecule has 0 aromatic heterocycles. The molecule has 2 bridgehead atoms. The molecular formula is C31H39N3O6. The number of ether oxygens (including phenoxy) is 2. The van der Waals surface area contributed by atoms with E-state index in [9.17, 15) is 19.5 Å². The number of amides is 3. The van der Waals surface area contributed by atoms with Crippen molar-refractivity contribution in [3.8, 4) is 5.75 Å². The predicted octanol–water partition coefficient (Wildman–Crippen LogP) is 3.44. The van der Waals surface area contributed by atoms with Crippen molar-refractivity contribution in [2.75, 3.05) is 18.5 Å². The monoisotopic (exact) mass is 549 g/mol. The first-order valence-electron chi connectivity index (χ1n) is 14.3. The molecule has 214 valence electrons. The molecule has 5 rings (SSSR count). The normalized spacial score (nSPS) is 28.2. The van der Waals surface area contributed by atoms with Crippen molar-refractivity contribution in [2.24, 2.45) is 11.8 Å². The molecule has 2 aromatic rings. The van der Waals surface area contributed by atoms with Crippen LogP contribution in [0, 0.1) is 11.8 Å². The van der Waals surface area contributed by atoms with Crippen molar-refractivity contribution in [1.29, 1.82) is 0 Å². The van der Waals surface area contributed by atoms with Crippen LogP contribution in [0.4, 0.5) is 5.69 Å². The van der Waals surface area contributed by atoms with Crippen LogP contribution in [0.3, 0.4) is 0 Å². The van der Waals surface area contributed by atoms with Crippen LogP contribution in [0.5, 0.6) is 5.75 Å². The fraction of sp³-hybridized carbons (Fsp3) is 0.516. The molecule has 3 fully saturated rings. The highest BCUT2D eigenvalue weighted by atomic mass is 16.5. The minimum atomic E-state index is -1.14. The largest absolute Gasteiger partial charge is 0.494 e. The minimum Gasteiger partial charge on any atom is -0.494 e. The molecule has 3 aliphatic heterocycles. The van der Waals surface area contributed by atoms with E-state index in [-0.39, 0.29) is 30.4 Å². The lowest BCUT2D eigenvalue weighted by Gasteiger charge is -2.37. The standard InChI is InChI=1S/C31H39N3O6/c1-4-9-19(3)32-29(37)27-31-17-16-24(40-31)25(28(36)33-21-12-14-22(15-13-21)39-5-2)26(31)30(38)34(27)23(18-35)20-10-7-6-8-11-20/h6-8,10-15,19,23-27,35H,4-5,9,16-18H2,1-3H3,(H,32,37)(H,33,36)/t19?,23-,24-,25+,26+,27?,31?/m1/s1. The molecule has 2 aromatic carbocycles. The van der Waals surface area contributed by atoms with Gasteiger partial charge in [0.2, 0.25) is 17.7 Å². The second-order valence-corrected chi connectivity index (χ2v) is 11.1. The highest BCUT2D eigenvalue weighted by Gasteiger charge is 2.75. The van der Waals surface area contributed by atoms with E-state index in [0.717, 1.165) is 18.4 Å². The molecule has 0 aliphatic carbocycles. The maximum atomic E-state index is 14.3. The molecule has 0 saturated carbocycles. The van der Waals surface area contributed by atoms with E-state index in [4.69, 9.17) is 9.47 Å². The number of hydrogen-bond acceptors (Lipinski definition) is 6. The molecule has 3 unspecified atom stereocenters. The van der Waals surface area contributed by atoms with Crippen molar-refractivity contribution in [2.45, 2.75) is 76.3 Å². The van der Waals surface area contributed by atoms with E-state index in [1.165, 1.54) is 4.90 Å². The van der Waals surface area contributed by atoms with E-state index in [1.54, 1.807) is 24.3 Å². The zero-order valence-electron chi connectivity index (χ0n) is 23.3. The lowest BCUT2D eigenvalue weighted by molar-refractivity contribution is -0.145. The quantitative estimate of drug-likeness (QED) is 0.395. The predicted molar refractivity (Wildman–Crippen MR) is 149 cm³/mol. The summed E-state index contributed by atoms with van der Waals surface area (Å²) >= 11 is 0. The summed E-state index contributed by atoms with van der Waals surface area (Å²) in [6.07, 6.45) is 2.29. The van der Waals surface area contributed by atoms with Gasteiger partial charge in [-0.25, -0.2) is 0 Å². The molecule has 7 atom stereocenters. The molecule has 40 heavy (non-hydrogen) atoms. The van der Waals surface area contributed by atoms with Gasteiger partial charge in [-0.05, 0) is 62.9 Å². The van der Waals surface area contributed by atoms with Crippen molar-refractivity contribution in [3.63, 3.8) is 0 Å². The second kappa shape index (κ2) is 11.6. The molecule has 3 saturated heterocycles. The molecule has 0 radical (unpaired) electrons. The molecule has 3 heterocycles. The number of carbonyl (C=O) groups excluding carboxylic acids is 3. The Morgan fingerprint density at radius 2 is 1.85 bits per heavy atom. The Morgan fingerprint density at radius 3 is 2.50 bits per heavy atom. The summed E-state index contributed by atoms with van der Waals surface area (Å²) in [4.78, 5) is 43.5. The molecule has 9 nitrogen and oxygen atoms in total. The maximum Gasteiger partial charge on any atom is 0.246 e. The number of hydrogen-bond donors (Lipinski definition) is 3. The smallest absolute Gasteiger partial charge is 0.246 e. The maximum absolute atomic E-state index is 14.3. The second-order valence-electron chi connectivity index (χ2n) is 11.1. The summed E-state index contributed by atoms with van der Waals surface area (Å²) in [7, 11) is 0. The molecular weight excluding hydrogens is 510 g/mol. The van der Waals surface area contributed by atoms with Gasteiger partial charge in [-0.3, -0.25) is 14.4 Å². The summed E-state index contributed by atoms with van der Waals surface area (Å²) in [5, 5.41) is 16.6. The number of rotatable bonds is 11. The zero-order valence-corrected chi connectivity index (χ0v) is 23.3. The lowest BCUT2D eigenvalue weighted by atomic mass is 9.70. The summed E-state index contributed by atoms with van der Waals surface area (Å²) in [5.74, 6) is -1.83. The number of nitrogens with one attached hydrogen (secondary N) is 2. The highest BCUT2D eigenvalue weighted by molar-refractivity contribution is 6.02. The van der Waals surface area contributed by atoms with Crippen LogP contribution in [0.25, 0.3) is 0 Å². The fourth-order valence-electron chi connectivity index (χ4n) is 6.91. The van der Waals surface area contributed by atoms with Crippen LogP contribution in [-0.2, 0) is 19.1 Å². The molecule has 3 amide bonds. The lowest BCUT2D eigenvalue weighted by Crippen LogP contribution is -2.57. The Kier molecular flexibility index (Phi) is 8.14. The van der Waals surface area contributed by atoms with Crippen molar-refractivity contribution in [3.05, 3.63) is 60.2 Å². The fourth-order valence-corrected chi connectivity index (χ4v) is 6.91. The van der Waals surface area contributed by atoms with Gasteiger partial charge < -0.3 is 30.1 Å². The van der Waals surface area contributed by atoms with Crippen molar-refractivity contribution >= 4 is 23.4 Å². The van der Waals surface area contributed by atoms with Crippen LogP contribution in [0.2, 0.25) is 0 Å². The van der Waals surface area contributed by atoms with E-state index < -0.39 is 35.6 Å². The first-order valence-corrected chi connectivity index (χ1v) is 14.3. The topological polar surface area (TPSA) is 117 Å². The molecule has 1 spiro atoms. The van der Waals surface area contributed by atoms with Crippen molar-refractivity contribution in [1.82, 2.24) is 10.2 Å². The van der Waals surface area contributed by atoms with Gasteiger partial charge in [0.05, 0.1) is 37.2 Å². The van der Waals surface area contributed by atoms with Gasteiger partial charge >= 0.3 is 0 Å². The average molecular weight is 550 g/mol. The van der Waals surface area contributed by atoms with Gasteiger partial charge in [-0.2, -0.15) is 0 Å². The Morgan fingerprint density at radius 1 is 1.12 bits per heavy atom. The van der Waals surface area contributed by atoms with Crippen molar-refractivity contribution < 1.29 is 29.0 Å². The third-order valence-corrected chi connectivity index (χ3v) is 8.53. The van der Waals surface area contributed by atoms with Gasteiger partial charge in [-0.1, -0.05) is 43.7 Å². The van der Waals surface area contributed by atoms with Gasteiger partial charge in [0.25, 0.3) is 0 Å². The molecule has 3 N–H and O–H groups in total. The van der Waals surface area contributed by atoms with Crippen LogP contribution >= 0.6 is 0 Å². The average Bonchev–Trinajstić information content (AvgIpc) is 3.59. The van der Waals surface area contributed by atoms with Gasteiger partial charge in [0, 0.05) is 11.7 Å². The van der Waals surface area contributed by atoms with Crippen LogP contribution in [-0.4, -0.2) is 64.7 Å². The Labute approximate surface area is 235 Å². The number of likely N-dealkylation sites (tertiary alicyclic amines) is 1. The molecule has 3 aliphatic rings. The van der Waals surface area contributed by atoms with Gasteiger partial charge in [0.15, 0.2) is 0 Å². The van der Waals surface area contributed by atoms with Gasteiger partial charge in [-0.15, -0.1) is 0 Å². The van der Waals surface area contributed by atoms with E-state index in [1.807, 2.05) is 44.2 Å². The summed E-state index contributed by atoms with van der Waals surface area (Å²) < 4.78 is 12.0. The number of carbonyl (C=O) groups is 3. The number of aliphatic hydroxyl groups excluding tert-OH is 1. The Bertz CT molecular complexity index is 1220. The molecule has 9 heteroatoms. The number of benzene rings is 2. The van der Waals surface area contributed by atoms with Crippen LogP contribution in [0.15, 0.2) is 54.6 Å². The van der Waals surface area contributed by atoms with Crippen LogP contribution < -0.4 is 15.4 Å². The third-order valence-electron chi connectivity index (χ3n) is 8.53. The first-order chi connectivity index (χ1) is 19.3. The van der Waals surface area contributed by atoms with E-state index in [2.05, 4.69) is 17.6 Å². The summed E-state index contributed by atoms with van der Waals surface area (Å²) in [5.41, 5.74) is 0.174.